The van der Waals surface area contributed by atoms with Crippen LogP contribution in [0.5, 0.6) is 0 Å². The zero-order valence-corrected chi connectivity index (χ0v) is 13.8. The molecule has 2 saturated heterocycles. The minimum absolute atomic E-state index is 0.662. The Labute approximate surface area is 128 Å². The molecule has 1 N–H and O–H groups in total. The van der Waals surface area contributed by atoms with Gasteiger partial charge in [0.05, 0.1) is 5.69 Å². The summed E-state index contributed by atoms with van der Waals surface area (Å²) in [5.74, 6) is 2.66. The SMILES string of the molecule is Cc1cn(CC(C)C)c(N2CCCC(C3CCCN3)C2)n1. The third kappa shape index (κ3) is 3.42. The Bertz CT molecular complexity index is 459. The van der Waals surface area contributed by atoms with E-state index in [1.807, 2.05) is 0 Å². The summed E-state index contributed by atoms with van der Waals surface area (Å²) in [6.45, 7) is 11.3. The minimum Gasteiger partial charge on any atom is -0.342 e. The van der Waals surface area contributed by atoms with Crippen molar-refractivity contribution >= 4 is 5.95 Å². The molecule has 0 aromatic carbocycles. The molecule has 2 fully saturated rings. The molecule has 1 aromatic rings. The van der Waals surface area contributed by atoms with Crippen molar-refractivity contribution in [2.24, 2.45) is 11.8 Å². The molecule has 0 aliphatic carbocycles. The highest BCUT2D eigenvalue weighted by molar-refractivity contribution is 5.34. The Kier molecular flexibility index (Phi) is 4.53. The second-order valence-corrected chi connectivity index (χ2v) is 7.28. The maximum atomic E-state index is 4.82. The van der Waals surface area contributed by atoms with Crippen LogP contribution < -0.4 is 10.2 Å². The quantitative estimate of drug-likeness (QED) is 0.925. The summed E-state index contributed by atoms with van der Waals surface area (Å²) >= 11 is 0. The number of rotatable bonds is 4. The fourth-order valence-corrected chi connectivity index (χ4v) is 3.95. The molecule has 3 heterocycles. The predicted molar refractivity (Wildman–Crippen MR) is 87.8 cm³/mol. The van der Waals surface area contributed by atoms with Gasteiger partial charge in [-0.3, -0.25) is 0 Å². The lowest BCUT2D eigenvalue weighted by Crippen LogP contribution is -2.44. The maximum Gasteiger partial charge on any atom is 0.205 e. The molecule has 4 nitrogen and oxygen atoms in total. The summed E-state index contributed by atoms with van der Waals surface area (Å²) in [4.78, 5) is 7.35. The first-order valence-electron chi connectivity index (χ1n) is 8.65. The first-order valence-corrected chi connectivity index (χ1v) is 8.65. The van der Waals surface area contributed by atoms with Gasteiger partial charge in [0.1, 0.15) is 0 Å². The van der Waals surface area contributed by atoms with Crippen molar-refractivity contribution in [3.63, 3.8) is 0 Å². The zero-order chi connectivity index (χ0) is 14.8. The normalized spacial score (nSPS) is 26.8. The van der Waals surface area contributed by atoms with Gasteiger partial charge in [-0.2, -0.15) is 0 Å². The Morgan fingerprint density at radius 3 is 2.90 bits per heavy atom. The summed E-state index contributed by atoms with van der Waals surface area (Å²) in [5, 5.41) is 3.70. The van der Waals surface area contributed by atoms with Crippen LogP contribution in [0.1, 0.15) is 45.2 Å². The van der Waals surface area contributed by atoms with Crippen LogP contribution in [0.25, 0.3) is 0 Å². The van der Waals surface area contributed by atoms with E-state index in [1.165, 1.54) is 44.7 Å². The van der Waals surface area contributed by atoms with E-state index in [1.54, 1.807) is 0 Å². The molecule has 2 aliphatic heterocycles. The first-order chi connectivity index (χ1) is 10.1. The highest BCUT2D eigenvalue weighted by Gasteiger charge is 2.30. The van der Waals surface area contributed by atoms with Crippen molar-refractivity contribution < 1.29 is 0 Å². The van der Waals surface area contributed by atoms with E-state index in [9.17, 15) is 0 Å². The molecule has 2 unspecified atom stereocenters. The predicted octanol–water partition coefficient (Wildman–Crippen LogP) is 2.82. The van der Waals surface area contributed by atoms with Crippen LogP contribution in [-0.4, -0.2) is 35.2 Å². The monoisotopic (exact) mass is 290 g/mol. The number of piperidine rings is 1. The third-order valence-electron chi connectivity index (χ3n) is 4.85. The largest absolute Gasteiger partial charge is 0.342 e. The zero-order valence-electron chi connectivity index (χ0n) is 13.8. The minimum atomic E-state index is 0.662. The van der Waals surface area contributed by atoms with Crippen molar-refractivity contribution in [2.45, 2.75) is 59.0 Å². The van der Waals surface area contributed by atoms with Crippen LogP contribution in [0.4, 0.5) is 5.95 Å². The lowest BCUT2D eigenvalue weighted by molar-refractivity contribution is 0.324. The van der Waals surface area contributed by atoms with Gasteiger partial charge in [-0.25, -0.2) is 4.98 Å². The molecular weight excluding hydrogens is 260 g/mol. The van der Waals surface area contributed by atoms with Crippen molar-refractivity contribution in [1.29, 1.82) is 0 Å². The van der Waals surface area contributed by atoms with Crippen molar-refractivity contribution in [3.8, 4) is 0 Å². The Balaban J connectivity index is 1.73. The Morgan fingerprint density at radius 2 is 2.19 bits per heavy atom. The van der Waals surface area contributed by atoms with E-state index in [0.29, 0.717) is 5.92 Å². The van der Waals surface area contributed by atoms with Gasteiger partial charge in [-0.05, 0) is 51.0 Å². The van der Waals surface area contributed by atoms with Crippen molar-refractivity contribution in [3.05, 3.63) is 11.9 Å². The van der Waals surface area contributed by atoms with Gasteiger partial charge in [0.15, 0.2) is 0 Å². The summed E-state index contributed by atoms with van der Waals surface area (Å²) in [7, 11) is 0. The van der Waals surface area contributed by atoms with Gasteiger partial charge in [0.25, 0.3) is 0 Å². The van der Waals surface area contributed by atoms with Gasteiger partial charge in [0, 0.05) is 31.9 Å². The van der Waals surface area contributed by atoms with Crippen LogP contribution >= 0.6 is 0 Å². The summed E-state index contributed by atoms with van der Waals surface area (Å²) in [5.41, 5.74) is 1.15. The van der Waals surface area contributed by atoms with E-state index in [4.69, 9.17) is 4.98 Å². The molecule has 4 heteroatoms. The molecule has 0 bridgehead atoms. The third-order valence-corrected chi connectivity index (χ3v) is 4.85. The molecule has 2 aliphatic rings. The van der Waals surface area contributed by atoms with E-state index in [0.717, 1.165) is 30.7 Å². The van der Waals surface area contributed by atoms with E-state index < -0.39 is 0 Å². The number of anilines is 1. The number of nitrogens with one attached hydrogen (secondary N) is 1. The van der Waals surface area contributed by atoms with Gasteiger partial charge >= 0.3 is 0 Å². The van der Waals surface area contributed by atoms with E-state index >= 15 is 0 Å². The van der Waals surface area contributed by atoms with Gasteiger partial charge in [-0.15, -0.1) is 0 Å². The number of nitrogens with zero attached hydrogens (tertiary/aromatic N) is 3. The molecule has 0 amide bonds. The molecule has 2 atom stereocenters. The van der Waals surface area contributed by atoms with Gasteiger partial charge in [-0.1, -0.05) is 13.8 Å². The molecule has 118 valence electrons. The smallest absolute Gasteiger partial charge is 0.205 e. The fraction of sp³-hybridized carbons (Fsp3) is 0.824. The number of imidazole rings is 1. The standard InChI is InChI=1S/C17H30N4/c1-13(2)10-21-11-14(3)19-17(21)20-9-5-6-15(12-20)16-7-4-8-18-16/h11,13,15-16,18H,4-10,12H2,1-3H3. The fourth-order valence-electron chi connectivity index (χ4n) is 3.95. The highest BCUT2D eigenvalue weighted by Crippen LogP contribution is 2.28. The Hall–Kier alpha value is -1.03. The van der Waals surface area contributed by atoms with Crippen LogP contribution in [0, 0.1) is 18.8 Å². The summed E-state index contributed by atoms with van der Waals surface area (Å²) < 4.78 is 2.37. The number of hydrogen-bond acceptors (Lipinski definition) is 3. The average molecular weight is 290 g/mol. The molecule has 3 rings (SSSR count). The average Bonchev–Trinajstić information content (AvgIpc) is 3.08. The lowest BCUT2D eigenvalue weighted by atomic mass is 9.90. The van der Waals surface area contributed by atoms with Crippen LogP contribution in [0.15, 0.2) is 6.20 Å². The van der Waals surface area contributed by atoms with Crippen LogP contribution in [0.3, 0.4) is 0 Å². The summed E-state index contributed by atoms with van der Waals surface area (Å²) in [6.07, 6.45) is 7.60. The van der Waals surface area contributed by atoms with Crippen molar-refractivity contribution in [2.75, 3.05) is 24.5 Å². The van der Waals surface area contributed by atoms with E-state index in [-0.39, 0.29) is 0 Å². The lowest BCUT2D eigenvalue weighted by Gasteiger charge is -2.36. The number of aromatic nitrogens is 2. The van der Waals surface area contributed by atoms with Gasteiger partial charge in [0.2, 0.25) is 5.95 Å². The van der Waals surface area contributed by atoms with E-state index in [2.05, 4.69) is 41.8 Å². The Morgan fingerprint density at radius 1 is 1.33 bits per heavy atom. The topological polar surface area (TPSA) is 33.1 Å². The summed E-state index contributed by atoms with van der Waals surface area (Å²) in [6, 6.07) is 0.738. The molecule has 0 saturated carbocycles. The van der Waals surface area contributed by atoms with Crippen molar-refractivity contribution in [1.82, 2.24) is 14.9 Å². The van der Waals surface area contributed by atoms with Crippen LogP contribution in [0.2, 0.25) is 0 Å². The number of aryl methyl sites for hydroxylation is 1. The second-order valence-electron chi connectivity index (χ2n) is 7.28. The molecule has 0 radical (unpaired) electrons. The molecule has 0 spiro atoms. The maximum absolute atomic E-state index is 4.82. The number of hydrogen-bond donors (Lipinski definition) is 1. The highest BCUT2D eigenvalue weighted by atomic mass is 15.3. The first kappa shape index (κ1) is 14.9. The second kappa shape index (κ2) is 6.39. The van der Waals surface area contributed by atoms with Crippen LogP contribution in [-0.2, 0) is 6.54 Å². The van der Waals surface area contributed by atoms with Gasteiger partial charge < -0.3 is 14.8 Å². The molecular formula is C17H30N4. The molecule has 1 aromatic heterocycles. The molecule has 21 heavy (non-hydrogen) atoms.